The van der Waals surface area contributed by atoms with Gasteiger partial charge in [0.25, 0.3) is 0 Å². The third kappa shape index (κ3) is 2.95. The van der Waals surface area contributed by atoms with Crippen LogP contribution in [0.1, 0.15) is 32.6 Å². The molecule has 4 nitrogen and oxygen atoms in total. The van der Waals surface area contributed by atoms with Crippen LogP contribution in [0.15, 0.2) is 0 Å². The van der Waals surface area contributed by atoms with E-state index in [4.69, 9.17) is 5.73 Å². The summed E-state index contributed by atoms with van der Waals surface area (Å²) >= 11 is 0. The SMILES string of the molecule is CCC(CCN)N1CCCC1C(=O)N(C)C. The van der Waals surface area contributed by atoms with Crippen LogP contribution >= 0.6 is 0 Å². The molecule has 1 rings (SSSR count). The van der Waals surface area contributed by atoms with E-state index in [0.717, 1.165) is 32.2 Å². The van der Waals surface area contributed by atoms with Crippen molar-refractivity contribution in [1.82, 2.24) is 9.80 Å². The summed E-state index contributed by atoms with van der Waals surface area (Å²) in [4.78, 5) is 16.1. The van der Waals surface area contributed by atoms with Crippen LogP contribution in [0.4, 0.5) is 0 Å². The number of hydrogen-bond donors (Lipinski definition) is 1. The lowest BCUT2D eigenvalue weighted by Gasteiger charge is -2.32. The van der Waals surface area contributed by atoms with Gasteiger partial charge in [-0.2, -0.15) is 0 Å². The second-order valence-corrected chi connectivity index (χ2v) is 4.77. The Morgan fingerprint density at radius 1 is 1.56 bits per heavy atom. The molecule has 1 heterocycles. The second kappa shape index (κ2) is 6.21. The van der Waals surface area contributed by atoms with E-state index in [1.807, 2.05) is 14.1 Å². The molecule has 0 aromatic heterocycles. The fourth-order valence-corrected chi connectivity index (χ4v) is 2.59. The molecule has 2 N–H and O–H groups in total. The van der Waals surface area contributed by atoms with Crippen molar-refractivity contribution in [3.63, 3.8) is 0 Å². The van der Waals surface area contributed by atoms with Crippen LogP contribution in [-0.4, -0.2) is 55.0 Å². The molecule has 0 aromatic carbocycles. The van der Waals surface area contributed by atoms with Crippen molar-refractivity contribution in [2.75, 3.05) is 27.2 Å². The standard InChI is InChI=1S/C12H25N3O/c1-4-10(7-8-13)15-9-5-6-11(15)12(16)14(2)3/h10-11H,4-9,13H2,1-3H3. The summed E-state index contributed by atoms with van der Waals surface area (Å²) in [5.41, 5.74) is 5.63. The Balaban J connectivity index is 2.66. The van der Waals surface area contributed by atoms with Gasteiger partial charge in [-0.1, -0.05) is 6.92 Å². The summed E-state index contributed by atoms with van der Waals surface area (Å²) in [6.45, 7) is 3.93. The van der Waals surface area contributed by atoms with Crippen LogP contribution in [0.2, 0.25) is 0 Å². The van der Waals surface area contributed by atoms with Gasteiger partial charge in [-0.3, -0.25) is 9.69 Å². The number of rotatable bonds is 5. The Labute approximate surface area is 98.8 Å². The summed E-state index contributed by atoms with van der Waals surface area (Å²) in [5, 5.41) is 0. The number of carbonyl (C=O) groups excluding carboxylic acids is 1. The molecule has 0 aromatic rings. The minimum atomic E-state index is 0.0894. The average molecular weight is 227 g/mol. The summed E-state index contributed by atoms with van der Waals surface area (Å²) in [6.07, 6.45) is 4.20. The predicted octanol–water partition coefficient (Wildman–Crippen LogP) is 0.666. The lowest BCUT2D eigenvalue weighted by atomic mass is 10.1. The molecular formula is C12H25N3O. The Bertz CT molecular complexity index is 230. The third-order valence-electron chi connectivity index (χ3n) is 3.46. The molecule has 0 spiro atoms. The second-order valence-electron chi connectivity index (χ2n) is 4.77. The van der Waals surface area contributed by atoms with Gasteiger partial charge in [-0.05, 0) is 38.8 Å². The van der Waals surface area contributed by atoms with Gasteiger partial charge >= 0.3 is 0 Å². The monoisotopic (exact) mass is 227 g/mol. The van der Waals surface area contributed by atoms with E-state index in [-0.39, 0.29) is 11.9 Å². The lowest BCUT2D eigenvalue weighted by molar-refractivity contribution is -0.134. The first-order valence-electron chi connectivity index (χ1n) is 6.28. The van der Waals surface area contributed by atoms with Crippen LogP contribution in [0.5, 0.6) is 0 Å². The quantitative estimate of drug-likeness (QED) is 0.751. The van der Waals surface area contributed by atoms with E-state index >= 15 is 0 Å². The van der Waals surface area contributed by atoms with E-state index in [2.05, 4.69) is 11.8 Å². The number of hydrogen-bond acceptors (Lipinski definition) is 3. The molecule has 1 aliphatic rings. The molecule has 0 bridgehead atoms. The lowest BCUT2D eigenvalue weighted by Crippen LogP contribution is -2.47. The highest BCUT2D eigenvalue weighted by Gasteiger charge is 2.34. The highest BCUT2D eigenvalue weighted by Crippen LogP contribution is 2.24. The van der Waals surface area contributed by atoms with E-state index in [0.29, 0.717) is 12.6 Å². The van der Waals surface area contributed by atoms with E-state index < -0.39 is 0 Å². The molecule has 16 heavy (non-hydrogen) atoms. The van der Waals surface area contributed by atoms with E-state index in [1.54, 1.807) is 4.90 Å². The maximum absolute atomic E-state index is 12.0. The topological polar surface area (TPSA) is 49.6 Å². The number of nitrogens with zero attached hydrogens (tertiary/aromatic N) is 2. The summed E-state index contributed by atoms with van der Waals surface area (Å²) in [7, 11) is 3.67. The van der Waals surface area contributed by atoms with Crippen molar-refractivity contribution in [2.45, 2.75) is 44.7 Å². The number of carbonyl (C=O) groups is 1. The van der Waals surface area contributed by atoms with Gasteiger partial charge in [0.2, 0.25) is 5.91 Å². The number of likely N-dealkylation sites (N-methyl/N-ethyl adjacent to an activating group) is 1. The first-order valence-corrected chi connectivity index (χ1v) is 6.28. The van der Waals surface area contributed by atoms with Crippen molar-refractivity contribution < 1.29 is 4.79 Å². The Hall–Kier alpha value is -0.610. The zero-order valence-electron chi connectivity index (χ0n) is 10.8. The van der Waals surface area contributed by atoms with Crippen LogP contribution < -0.4 is 5.73 Å². The molecule has 94 valence electrons. The van der Waals surface area contributed by atoms with Crippen molar-refractivity contribution in [3.8, 4) is 0 Å². The fraction of sp³-hybridized carbons (Fsp3) is 0.917. The maximum Gasteiger partial charge on any atom is 0.239 e. The zero-order valence-corrected chi connectivity index (χ0v) is 10.8. The molecule has 0 radical (unpaired) electrons. The molecule has 1 saturated heterocycles. The number of amides is 1. The molecule has 1 amide bonds. The van der Waals surface area contributed by atoms with Crippen LogP contribution in [0, 0.1) is 0 Å². The minimum absolute atomic E-state index is 0.0894. The van der Waals surface area contributed by atoms with Gasteiger partial charge in [0.1, 0.15) is 0 Å². The number of nitrogens with two attached hydrogens (primary N) is 1. The van der Waals surface area contributed by atoms with Gasteiger partial charge in [-0.25, -0.2) is 0 Å². The van der Waals surface area contributed by atoms with Crippen LogP contribution in [0.3, 0.4) is 0 Å². The summed E-state index contributed by atoms with van der Waals surface area (Å²) in [5.74, 6) is 0.243. The molecule has 2 unspecified atom stereocenters. The normalized spacial score (nSPS) is 23.4. The minimum Gasteiger partial charge on any atom is -0.347 e. The van der Waals surface area contributed by atoms with Gasteiger partial charge in [-0.15, -0.1) is 0 Å². The van der Waals surface area contributed by atoms with Gasteiger partial charge in [0.15, 0.2) is 0 Å². The van der Waals surface area contributed by atoms with E-state index in [9.17, 15) is 4.79 Å². The largest absolute Gasteiger partial charge is 0.347 e. The molecular weight excluding hydrogens is 202 g/mol. The highest BCUT2D eigenvalue weighted by atomic mass is 16.2. The molecule has 1 fully saturated rings. The Morgan fingerprint density at radius 2 is 2.25 bits per heavy atom. The van der Waals surface area contributed by atoms with Gasteiger partial charge in [0.05, 0.1) is 6.04 Å². The highest BCUT2D eigenvalue weighted by molar-refractivity contribution is 5.81. The molecule has 1 aliphatic heterocycles. The first-order chi connectivity index (χ1) is 7.61. The first kappa shape index (κ1) is 13.5. The summed E-state index contributed by atoms with van der Waals surface area (Å²) < 4.78 is 0. The van der Waals surface area contributed by atoms with Crippen molar-refractivity contribution in [2.24, 2.45) is 5.73 Å². The van der Waals surface area contributed by atoms with Crippen LogP contribution in [-0.2, 0) is 4.79 Å². The van der Waals surface area contributed by atoms with Crippen molar-refractivity contribution in [3.05, 3.63) is 0 Å². The third-order valence-corrected chi connectivity index (χ3v) is 3.46. The maximum atomic E-state index is 12.0. The molecule has 0 saturated carbocycles. The fourth-order valence-electron chi connectivity index (χ4n) is 2.59. The van der Waals surface area contributed by atoms with Gasteiger partial charge < -0.3 is 10.6 Å². The molecule has 4 heteroatoms. The smallest absolute Gasteiger partial charge is 0.239 e. The van der Waals surface area contributed by atoms with Crippen molar-refractivity contribution in [1.29, 1.82) is 0 Å². The Kier molecular flexibility index (Phi) is 5.22. The Morgan fingerprint density at radius 3 is 2.75 bits per heavy atom. The van der Waals surface area contributed by atoms with E-state index in [1.165, 1.54) is 0 Å². The summed E-state index contributed by atoms with van der Waals surface area (Å²) in [6, 6.07) is 0.563. The average Bonchev–Trinajstić information content (AvgIpc) is 2.73. The molecule has 0 aliphatic carbocycles. The van der Waals surface area contributed by atoms with Crippen molar-refractivity contribution >= 4 is 5.91 Å². The molecule has 2 atom stereocenters. The zero-order chi connectivity index (χ0) is 12.1. The van der Waals surface area contributed by atoms with Gasteiger partial charge in [0, 0.05) is 20.1 Å². The van der Waals surface area contributed by atoms with Crippen LogP contribution in [0.25, 0.3) is 0 Å². The number of likely N-dealkylation sites (tertiary alicyclic amines) is 1. The predicted molar refractivity (Wildman–Crippen MR) is 66.2 cm³/mol.